The zero-order valence-corrected chi connectivity index (χ0v) is 19.3. The van der Waals surface area contributed by atoms with Gasteiger partial charge in [0.1, 0.15) is 5.82 Å². The number of hydrogen-bond acceptors (Lipinski definition) is 4. The Kier molecular flexibility index (Phi) is 6.61. The number of rotatable bonds is 5. The van der Waals surface area contributed by atoms with Crippen LogP contribution < -0.4 is 4.90 Å². The molecule has 5 nitrogen and oxygen atoms in total. The van der Waals surface area contributed by atoms with Gasteiger partial charge in [-0.1, -0.05) is 37.3 Å². The summed E-state index contributed by atoms with van der Waals surface area (Å²) in [6.45, 7) is 6.88. The predicted molar refractivity (Wildman–Crippen MR) is 126 cm³/mol. The van der Waals surface area contributed by atoms with E-state index in [1.807, 2.05) is 25.2 Å². The summed E-state index contributed by atoms with van der Waals surface area (Å²) in [5, 5.41) is 0. The molecule has 0 saturated carbocycles. The molecule has 0 radical (unpaired) electrons. The van der Waals surface area contributed by atoms with Crippen molar-refractivity contribution in [2.24, 2.45) is 5.41 Å². The van der Waals surface area contributed by atoms with Crippen molar-refractivity contribution in [1.29, 1.82) is 0 Å². The molecule has 2 aromatic rings. The second-order valence-electron chi connectivity index (χ2n) is 9.75. The predicted octanol–water partition coefficient (Wildman–Crippen LogP) is 4.16. The quantitative estimate of drug-likeness (QED) is 0.728. The third-order valence-corrected chi connectivity index (χ3v) is 7.13. The van der Waals surface area contributed by atoms with Crippen LogP contribution in [0.15, 0.2) is 48.7 Å². The van der Waals surface area contributed by atoms with Gasteiger partial charge < -0.3 is 9.80 Å². The zero-order valence-electron chi connectivity index (χ0n) is 19.3. The molecule has 0 spiro atoms. The Morgan fingerprint density at radius 1 is 1.13 bits per heavy atom. The Bertz CT molecular complexity index is 874. The van der Waals surface area contributed by atoms with Crippen molar-refractivity contribution >= 4 is 11.7 Å². The number of pyridine rings is 1. The van der Waals surface area contributed by atoms with E-state index < -0.39 is 0 Å². The van der Waals surface area contributed by atoms with Gasteiger partial charge in [0.15, 0.2) is 0 Å². The molecule has 31 heavy (non-hydrogen) atoms. The summed E-state index contributed by atoms with van der Waals surface area (Å²) in [6, 6.07) is 14.9. The summed E-state index contributed by atoms with van der Waals surface area (Å²) in [5.41, 5.74) is 2.42. The summed E-state index contributed by atoms with van der Waals surface area (Å²) < 4.78 is 0. The maximum Gasteiger partial charge on any atom is 0.228 e. The second kappa shape index (κ2) is 9.39. The summed E-state index contributed by atoms with van der Waals surface area (Å²) in [6.07, 6.45) is 6.00. The zero-order chi connectivity index (χ0) is 21.8. The Morgan fingerprint density at radius 2 is 1.87 bits per heavy atom. The molecule has 2 aliphatic rings. The molecule has 0 N–H and O–H groups in total. The molecule has 2 fully saturated rings. The first-order chi connectivity index (χ1) is 14.9. The van der Waals surface area contributed by atoms with E-state index in [1.165, 1.54) is 11.1 Å². The van der Waals surface area contributed by atoms with E-state index in [9.17, 15) is 4.79 Å². The van der Waals surface area contributed by atoms with E-state index in [1.54, 1.807) is 0 Å². The van der Waals surface area contributed by atoms with Crippen LogP contribution in [0.25, 0.3) is 0 Å². The Morgan fingerprint density at radius 3 is 2.58 bits per heavy atom. The van der Waals surface area contributed by atoms with Gasteiger partial charge in [-0.25, -0.2) is 4.98 Å². The van der Waals surface area contributed by atoms with Crippen molar-refractivity contribution in [3.8, 4) is 0 Å². The van der Waals surface area contributed by atoms with Crippen LogP contribution in [0.3, 0.4) is 0 Å². The van der Waals surface area contributed by atoms with Crippen LogP contribution in [0.2, 0.25) is 0 Å². The maximum absolute atomic E-state index is 13.6. The smallest absolute Gasteiger partial charge is 0.228 e. The fourth-order valence-corrected chi connectivity index (χ4v) is 5.01. The molecule has 2 aliphatic heterocycles. The SMILES string of the molecule is CN(C)c1cc(C2CCCN(C(=O)C3(C)CCN(Cc4ccccc4)CC3)C2)ccn1. The van der Waals surface area contributed by atoms with Crippen LogP contribution in [0, 0.1) is 5.41 Å². The molecule has 1 aromatic carbocycles. The first-order valence-electron chi connectivity index (χ1n) is 11.6. The number of anilines is 1. The van der Waals surface area contributed by atoms with Gasteiger partial charge in [-0.2, -0.15) is 0 Å². The van der Waals surface area contributed by atoms with Gasteiger partial charge in [0.2, 0.25) is 5.91 Å². The Labute approximate surface area is 187 Å². The molecule has 2 saturated heterocycles. The molecule has 0 bridgehead atoms. The van der Waals surface area contributed by atoms with Gasteiger partial charge in [-0.15, -0.1) is 0 Å². The number of carbonyl (C=O) groups excluding carboxylic acids is 1. The van der Waals surface area contributed by atoms with E-state index in [0.29, 0.717) is 11.8 Å². The lowest BCUT2D eigenvalue weighted by molar-refractivity contribution is -0.145. The van der Waals surface area contributed by atoms with Crippen molar-refractivity contribution in [3.05, 3.63) is 59.8 Å². The van der Waals surface area contributed by atoms with Crippen LogP contribution in [-0.4, -0.2) is 61.0 Å². The second-order valence-corrected chi connectivity index (χ2v) is 9.75. The van der Waals surface area contributed by atoms with Crippen LogP contribution in [0.4, 0.5) is 5.82 Å². The molecule has 4 rings (SSSR count). The minimum Gasteiger partial charge on any atom is -0.363 e. The van der Waals surface area contributed by atoms with Crippen molar-refractivity contribution in [2.45, 2.75) is 45.1 Å². The van der Waals surface area contributed by atoms with Gasteiger partial charge in [-0.05, 0) is 62.0 Å². The summed E-state index contributed by atoms with van der Waals surface area (Å²) in [4.78, 5) is 24.7. The molecule has 5 heteroatoms. The maximum atomic E-state index is 13.6. The lowest BCUT2D eigenvalue weighted by Crippen LogP contribution is -2.50. The van der Waals surface area contributed by atoms with Crippen molar-refractivity contribution in [3.63, 3.8) is 0 Å². The molecule has 1 atom stereocenters. The van der Waals surface area contributed by atoms with Crippen LogP contribution in [-0.2, 0) is 11.3 Å². The van der Waals surface area contributed by atoms with Crippen LogP contribution >= 0.6 is 0 Å². The van der Waals surface area contributed by atoms with E-state index in [2.05, 4.69) is 64.2 Å². The highest BCUT2D eigenvalue weighted by molar-refractivity contribution is 5.82. The number of aromatic nitrogens is 1. The Balaban J connectivity index is 1.37. The number of piperidine rings is 2. The highest BCUT2D eigenvalue weighted by Gasteiger charge is 2.40. The topological polar surface area (TPSA) is 39.7 Å². The minimum atomic E-state index is -0.234. The van der Waals surface area contributed by atoms with Gasteiger partial charge >= 0.3 is 0 Å². The summed E-state index contributed by atoms with van der Waals surface area (Å²) in [5.74, 6) is 1.75. The standard InChI is InChI=1S/C26H36N4O/c1-26(12-16-29(17-13-26)19-21-8-5-4-6-9-21)25(31)30-15-7-10-23(20-30)22-11-14-27-24(18-22)28(2)3/h4-6,8-9,11,14,18,23H,7,10,12-13,15-17,19-20H2,1-3H3. The van der Waals surface area contributed by atoms with Gasteiger partial charge in [0.25, 0.3) is 0 Å². The van der Waals surface area contributed by atoms with Crippen LogP contribution in [0.5, 0.6) is 0 Å². The van der Waals surface area contributed by atoms with Crippen LogP contribution in [0.1, 0.15) is 49.7 Å². The van der Waals surface area contributed by atoms with Crippen molar-refractivity contribution < 1.29 is 4.79 Å². The van der Waals surface area contributed by atoms with E-state index in [-0.39, 0.29) is 5.41 Å². The average Bonchev–Trinajstić information content (AvgIpc) is 2.81. The number of nitrogens with zero attached hydrogens (tertiary/aromatic N) is 4. The van der Waals surface area contributed by atoms with Crippen molar-refractivity contribution in [1.82, 2.24) is 14.8 Å². The third-order valence-electron chi connectivity index (χ3n) is 7.13. The molecular formula is C26H36N4O. The fraction of sp³-hybridized carbons (Fsp3) is 0.538. The molecule has 166 valence electrons. The van der Waals surface area contributed by atoms with E-state index in [0.717, 1.165) is 64.2 Å². The highest BCUT2D eigenvalue weighted by Crippen LogP contribution is 2.36. The van der Waals surface area contributed by atoms with Gasteiger partial charge in [-0.3, -0.25) is 9.69 Å². The van der Waals surface area contributed by atoms with E-state index in [4.69, 9.17) is 0 Å². The number of carbonyl (C=O) groups is 1. The highest BCUT2D eigenvalue weighted by atomic mass is 16.2. The lowest BCUT2D eigenvalue weighted by Gasteiger charge is -2.43. The first-order valence-corrected chi connectivity index (χ1v) is 11.6. The number of hydrogen-bond donors (Lipinski definition) is 0. The first kappa shape index (κ1) is 21.8. The largest absolute Gasteiger partial charge is 0.363 e. The summed E-state index contributed by atoms with van der Waals surface area (Å²) in [7, 11) is 4.04. The molecule has 1 unspecified atom stereocenters. The fourth-order valence-electron chi connectivity index (χ4n) is 5.01. The number of benzene rings is 1. The number of likely N-dealkylation sites (tertiary alicyclic amines) is 2. The summed E-state index contributed by atoms with van der Waals surface area (Å²) >= 11 is 0. The molecule has 3 heterocycles. The van der Waals surface area contributed by atoms with Crippen molar-refractivity contribution in [2.75, 3.05) is 45.2 Å². The van der Waals surface area contributed by atoms with E-state index >= 15 is 0 Å². The lowest BCUT2D eigenvalue weighted by atomic mass is 9.78. The van der Waals surface area contributed by atoms with Gasteiger partial charge in [0.05, 0.1) is 0 Å². The average molecular weight is 421 g/mol. The van der Waals surface area contributed by atoms with Gasteiger partial charge in [0, 0.05) is 51.3 Å². The molecule has 1 amide bonds. The third kappa shape index (κ3) is 5.09. The molecule has 1 aromatic heterocycles. The normalized spacial score (nSPS) is 21.6. The Hall–Kier alpha value is -2.40. The monoisotopic (exact) mass is 420 g/mol. The molecular weight excluding hydrogens is 384 g/mol. The molecule has 0 aliphatic carbocycles. The number of amides is 1. The minimum absolute atomic E-state index is 0.234.